The van der Waals surface area contributed by atoms with Crippen molar-refractivity contribution in [2.24, 2.45) is 0 Å². The van der Waals surface area contributed by atoms with Crippen molar-refractivity contribution in [3.8, 4) is 5.75 Å². The number of alkyl halides is 2. The maximum absolute atomic E-state index is 12.5. The van der Waals surface area contributed by atoms with Crippen molar-refractivity contribution < 1.29 is 26.7 Å². The second-order valence-corrected chi connectivity index (χ2v) is 8.47. The summed E-state index contributed by atoms with van der Waals surface area (Å²) in [6.07, 6.45) is 0. The first-order valence-corrected chi connectivity index (χ1v) is 9.91. The van der Waals surface area contributed by atoms with Crippen molar-refractivity contribution in [2.75, 3.05) is 20.6 Å². The number of rotatable bonds is 8. The van der Waals surface area contributed by atoms with Crippen LogP contribution in [-0.4, -0.2) is 50.8 Å². The molecule has 0 heterocycles. The van der Waals surface area contributed by atoms with E-state index in [1.165, 1.54) is 55.4 Å². The molecule has 28 heavy (non-hydrogen) atoms. The molecule has 0 N–H and O–H groups in total. The van der Waals surface area contributed by atoms with Crippen LogP contribution in [0.5, 0.6) is 5.75 Å². The van der Waals surface area contributed by atoms with Crippen LogP contribution in [0.25, 0.3) is 0 Å². The van der Waals surface area contributed by atoms with Crippen LogP contribution in [-0.2, 0) is 21.4 Å². The van der Waals surface area contributed by atoms with Crippen LogP contribution in [0.15, 0.2) is 53.4 Å². The molecule has 1 amide bonds. The number of benzene rings is 2. The van der Waals surface area contributed by atoms with Crippen molar-refractivity contribution >= 4 is 27.5 Å². The van der Waals surface area contributed by atoms with Crippen LogP contribution in [0.3, 0.4) is 0 Å². The van der Waals surface area contributed by atoms with E-state index in [0.717, 1.165) is 4.31 Å². The molecule has 0 unspecified atom stereocenters. The lowest BCUT2D eigenvalue weighted by Gasteiger charge is -2.22. The van der Waals surface area contributed by atoms with Gasteiger partial charge in [-0.3, -0.25) is 4.79 Å². The highest BCUT2D eigenvalue weighted by Gasteiger charge is 2.24. The topological polar surface area (TPSA) is 66.9 Å². The average molecular weight is 433 g/mol. The molecule has 0 aromatic heterocycles. The number of ether oxygens (including phenoxy) is 1. The van der Waals surface area contributed by atoms with Crippen molar-refractivity contribution in [1.29, 1.82) is 0 Å². The Bertz CT molecular complexity index is 906. The molecule has 2 rings (SSSR count). The second-order valence-electron chi connectivity index (χ2n) is 5.99. The zero-order chi connectivity index (χ0) is 20.9. The maximum Gasteiger partial charge on any atom is 0.387 e. The third-order valence-corrected chi connectivity index (χ3v) is 5.94. The van der Waals surface area contributed by atoms with E-state index < -0.39 is 22.5 Å². The van der Waals surface area contributed by atoms with E-state index >= 15 is 0 Å². The molecule has 0 bridgehead atoms. The molecule has 152 valence electrons. The zero-order valence-corrected chi connectivity index (χ0v) is 16.8. The first-order valence-electron chi connectivity index (χ1n) is 8.09. The van der Waals surface area contributed by atoms with E-state index in [2.05, 4.69) is 4.74 Å². The van der Waals surface area contributed by atoms with E-state index in [1.54, 1.807) is 12.1 Å². The summed E-state index contributed by atoms with van der Waals surface area (Å²) in [6.45, 7) is -3.08. The molecule has 0 aliphatic carbocycles. The molecule has 0 atom stereocenters. The average Bonchev–Trinajstić information content (AvgIpc) is 2.63. The van der Waals surface area contributed by atoms with E-state index in [1.807, 2.05) is 0 Å². The SMILES string of the molecule is CN(Cc1ccc(OC(F)F)cc1)C(=O)CN(C)S(=O)(=O)c1ccc(Cl)cc1. The molecular formula is C18H19ClF2N2O4S. The van der Waals surface area contributed by atoms with Crippen LogP contribution in [0.2, 0.25) is 5.02 Å². The number of nitrogens with zero attached hydrogens (tertiary/aromatic N) is 2. The van der Waals surface area contributed by atoms with Crippen LogP contribution >= 0.6 is 11.6 Å². The van der Waals surface area contributed by atoms with Crippen LogP contribution in [0.1, 0.15) is 5.56 Å². The molecule has 0 aliphatic rings. The predicted octanol–water partition coefficient (Wildman–Crippen LogP) is 3.22. The van der Waals surface area contributed by atoms with Crippen LogP contribution < -0.4 is 4.74 Å². The Morgan fingerprint density at radius 1 is 1.07 bits per heavy atom. The molecule has 10 heteroatoms. The second kappa shape index (κ2) is 9.31. The number of carbonyl (C=O) groups is 1. The van der Waals surface area contributed by atoms with Gasteiger partial charge in [-0.25, -0.2) is 8.42 Å². The van der Waals surface area contributed by atoms with Gasteiger partial charge in [0.2, 0.25) is 15.9 Å². The molecule has 0 spiro atoms. The summed E-state index contributed by atoms with van der Waals surface area (Å²) in [4.78, 5) is 13.8. The number of halogens is 3. The van der Waals surface area contributed by atoms with Gasteiger partial charge < -0.3 is 9.64 Å². The van der Waals surface area contributed by atoms with Gasteiger partial charge in [-0.1, -0.05) is 23.7 Å². The summed E-state index contributed by atoms with van der Waals surface area (Å²) in [5, 5.41) is 0.405. The van der Waals surface area contributed by atoms with E-state index in [-0.39, 0.29) is 23.7 Å². The monoisotopic (exact) mass is 432 g/mol. The maximum atomic E-state index is 12.5. The molecular weight excluding hydrogens is 414 g/mol. The van der Waals surface area contributed by atoms with E-state index in [4.69, 9.17) is 11.6 Å². The highest BCUT2D eigenvalue weighted by atomic mass is 35.5. The Kier molecular flexibility index (Phi) is 7.34. The molecule has 2 aromatic carbocycles. The first-order chi connectivity index (χ1) is 13.1. The van der Waals surface area contributed by atoms with E-state index in [0.29, 0.717) is 10.6 Å². The fourth-order valence-corrected chi connectivity index (χ4v) is 3.57. The number of sulfonamides is 1. The quantitative estimate of drug-likeness (QED) is 0.642. The molecule has 0 saturated carbocycles. The Hall–Kier alpha value is -2.23. The van der Waals surface area contributed by atoms with Gasteiger partial charge in [-0.05, 0) is 42.0 Å². The summed E-state index contributed by atoms with van der Waals surface area (Å²) >= 11 is 5.76. The lowest BCUT2D eigenvalue weighted by molar-refractivity contribution is -0.130. The summed E-state index contributed by atoms with van der Waals surface area (Å²) in [5.74, 6) is -0.408. The highest BCUT2D eigenvalue weighted by molar-refractivity contribution is 7.89. The van der Waals surface area contributed by atoms with Gasteiger partial charge in [0.1, 0.15) is 5.75 Å². The van der Waals surface area contributed by atoms with Gasteiger partial charge in [-0.15, -0.1) is 0 Å². The van der Waals surface area contributed by atoms with E-state index in [9.17, 15) is 22.0 Å². The summed E-state index contributed by atoms with van der Waals surface area (Å²) in [5.41, 5.74) is 0.681. The molecule has 0 radical (unpaired) electrons. The lowest BCUT2D eigenvalue weighted by Crippen LogP contribution is -2.39. The number of hydrogen-bond donors (Lipinski definition) is 0. The minimum atomic E-state index is -3.83. The number of likely N-dealkylation sites (N-methyl/N-ethyl adjacent to an activating group) is 2. The molecule has 0 saturated heterocycles. The summed E-state index contributed by atoms with van der Waals surface area (Å²) < 4.78 is 54.6. The van der Waals surface area contributed by atoms with Crippen LogP contribution in [0, 0.1) is 0 Å². The number of hydrogen-bond acceptors (Lipinski definition) is 4. The van der Waals surface area contributed by atoms with Gasteiger partial charge in [-0.2, -0.15) is 13.1 Å². The van der Waals surface area contributed by atoms with Crippen molar-refractivity contribution in [1.82, 2.24) is 9.21 Å². The number of carbonyl (C=O) groups excluding carboxylic acids is 1. The van der Waals surface area contributed by atoms with Gasteiger partial charge in [0.05, 0.1) is 11.4 Å². The fourth-order valence-electron chi connectivity index (χ4n) is 2.32. The highest BCUT2D eigenvalue weighted by Crippen LogP contribution is 2.18. The zero-order valence-electron chi connectivity index (χ0n) is 15.2. The lowest BCUT2D eigenvalue weighted by atomic mass is 10.2. The molecule has 6 nitrogen and oxygen atoms in total. The predicted molar refractivity (Wildman–Crippen MR) is 101 cm³/mol. The van der Waals surface area contributed by atoms with Crippen LogP contribution in [0.4, 0.5) is 8.78 Å². The van der Waals surface area contributed by atoms with Crippen molar-refractivity contribution in [2.45, 2.75) is 18.1 Å². The minimum absolute atomic E-state index is 0.0153. The van der Waals surface area contributed by atoms with Crippen molar-refractivity contribution in [3.63, 3.8) is 0 Å². The standard InChI is InChI=1S/C18H19ClF2N2O4S/c1-22(11-13-3-7-15(8-4-13)27-18(20)21)17(24)12-23(2)28(25,26)16-9-5-14(19)6-10-16/h3-10,18H,11-12H2,1-2H3. The molecule has 0 aliphatic heterocycles. The fraction of sp³-hybridized carbons (Fsp3) is 0.278. The molecule has 0 fully saturated rings. The smallest absolute Gasteiger partial charge is 0.387 e. The largest absolute Gasteiger partial charge is 0.435 e. The first kappa shape index (κ1) is 22.1. The normalized spacial score (nSPS) is 11.7. The van der Waals surface area contributed by atoms with Gasteiger partial charge in [0.25, 0.3) is 0 Å². The Labute approximate surface area is 167 Å². The third kappa shape index (κ3) is 5.88. The van der Waals surface area contributed by atoms with Gasteiger partial charge in [0, 0.05) is 25.7 Å². The van der Waals surface area contributed by atoms with Gasteiger partial charge >= 0.3 is 6.61 Å². The summed E-state index contributed by atoms with van der Waals surface area (Å²) in [6, 6.07) is 11.5. The molecule has 2 aromatic rings. The minimum Gasteiger partial charge on any atom is -0.435 e. The van der Waals surface area contributed by atoms with Crippen molar-refractivity contribution in [3.05, 3.63) is 59.1 Å². The summed E-state index contributed by atoms with van der Waals surface area (Å²) in [7, 11) is -1.00. The third-order valence-electron chi connectivity index (χ3n) is 3.87. The Balaban J connectivity index is 1.98. The Morgan fingerprint density at radius 3 is 2.18 bits per heavy atom. The van der Waals surface area contributed by atoms with Gasteiger partial charge in [0.15, 0.2) is 0 Å². The number of amides is 1. The Morgan fingerprint density at radius 2 is 1.64 bits per heavy atom.